The first-order chi connectivity index (χ1) is 13.8. The van der Waals surface area contributed by atoms with Crippen molar-refractivity contribution in [1.82, 2.24) is 4.90 Å². The normalized spacial score (nSPS) is 15.8. The number of likely N-dealkylation sites (tertiary alicyclic amines) is 1. The second-order valence-electron chi connectivity index (χ2n) is 8.29. The van der Waals surface area contributed by atoms with Crippen LogP contribution in [0, 0.1) is 5.92 Å². The van der Waals surface area contributed by atoms with Crippen LogP contribution in [0.4, 0.5) is 0 Å². The van der Waals surface area contributed by atoms with Crippen molar-refractivity contribution in [3.63, 3.8) is 0 Å². The van der Waals surface area contributed by atoms with E-state index in [0.717, 1.165) is 51.7 Å². The highest BCUT2D eigenvalue weighted by Gasteiger charge is 2.22. The minimum Gasteiger partial charge on any atom is -0.303 e. The summed E-state index contributed by atoms with van der Waals surface area (Å²) in [6.45, 7) is 5.57. The van der Waals surface area contributed by atoms with E-state index in [9.17, 15) is 4.79 Å². The maximum Gasteiger partial charge on any atom is 0.133 e. The number of ketones is 1. The van der Waals surface area contributed by atoms with Crippen molar-refractivity contribution in [3.8, 4) is 0 Å². The number of nitrogens with zero attached hydrogens (tertiary/aromatic N) is 1. The molecule has 3 rings (SSSR count). The van der Waals surface area contributed by atoms with E-state index in [1.807, 2.05) is 0 Å². The third-order valence-electron chi connectivity index (χ3n) is 6.17. The molecule has 1 heterocycles. The molecule has 1 saturated heterocycles. The maximum atomic E-state index is 12.1. The van der Waals surface area contributed by atoms with E-state index in [-0.39, 0.29) is 0 Å². The van der Waals surface area contributed by atoms with Gasteiger partial charge in [0.2, 0.25) is 0 Å². The van der Waals surface area contributed by atoms with E-state index >= 15 is 0 Å². The molecule has 0 aliphatic carbocycles. The first-order valence-electron chi connectivity index (χ1n) is 11.1. The van der Waals surface area contributed by atoms with Crippen LogP contribution in [0.25, 0.3) is 0 Å². The SMILES string of the molecule is CCCCC(=O)CC1CCN(CCC(c2ccccc2)c2ccccc2)CC1. The molecule has 2 aromatic carbocycles. The zero-order valence-electron chi connectivity index (χ0n) is 17.4. The second kappa shape index (κ2) is 11.2. The summed E-state index contributed by atoms with van der Waals surface area (Å²) in [5.41, 5.74) is 2.82. The molecule has 2 aromatic rings. The minimum absolute atomic E-state index is 0.454. The first kappa shape index (κ1) is 20.8. The molecule has 0 bridgehead atoms. The smallest absolute Gasteiger partial charge is 0.133 e. The zero-order chi connectivity index (χ0) is 19.6. The van der Waals surface area contributed by atoms with Crippen molar-refractivity contribution in [1.29, 1.82) is 0 Å². The molecule has 2 nitrogen and oxygen atoms in total. The van der Waals surface area contributed by atoms with E-state index < -0.39 is 0 Å². The van der Waals surface area contributed by atoms with Crippen LogP contribution in [0.5, 0.6) is 0 Å². The van der Waals surface area contributed by atoms with Crippen molar-refractivity contribution in [2.24, 2.45) is 5.92 Å². The van der Waals surface area contributed by atoms with Gasteiger partial charge in [0.05, 0.1) is 0 Å². The fourth-order valence-electron chi connectivity index (χ4n) is 4.42. The van der Waals surface area contributed by atoms with Crippen molar-refractivity contribution < 1.29 is 4.79 Å². The Hall–Kier alpha value is -1.93. The molecule has 150 valence electrons. The van der Waals surface area contributed by atoms with Crippen LogP contribution in [0.3, 0.4) is 0 Å². The predicted molar refractivity (Wildman–Crippen MR) is 118 cm³/mol. The van der Waals surface area contributed by atoms with Crippen LogP contribution in [-0.4, -0.2) is 30.3 Å². The number of benzene rings is 2. The number of unbranched alkanes of at least 4 members (excludes halogenated alkanes) is 1. The van der Waals surface area contributed by atoms with Gasteiger partial charge in [-0.2, -0.15) is 0 Å². The van der Waals surface area contributed by atoms with Crippen LogP contribution < -0.4 is 0 Å². The van der Waals surface area contributed by atoms with Crippen LogP contribution in [0.15, 0.2) is 60.7 Å². The Labute approximate surface area is 171 Å². The molecule has 28 heavy (non-hydrogen) atoms. The van der Waals surface area contributed by atoms with Crippen LogP contribution in [0.1, 0.15) is 68.9 Å². The average molecular weight is 378 g/mol. The first-order valence-corrected chi connectivity index (χ1v) is 11.1. The lowest BCUT2D eigenvalue weighted by Gasteiger charge is -2.33. The number of rotatable bonds is 10. The van der Waals surface area contributed by atoms with Crippen molar-refractivity contribution in [2.45, 2.75) is 57.8 Å². The number of piperidine rings is 1. The molecule has 0 unspecified atom stereocenters. The maximum absolute atomic E-state index is 12.1. The van der Waals surface area contributed by atoms with Gasteiger partial charge in [0.15, 0.2) is 0 Å². The van der Waals surface area contributed by atoms with Gasteiger partial charge in [-0.3, -0.25) is 4.79 Å². The van der Waals surface area contributed by atoms with E-state index in [1.165, 1.54) is 24.0 Å². The highest BCUT2D eigenvalue weighted by molar-refractivity contribution is 5.78. The number of Topliss-reactive ketones (excluding diaryl/α,β-unsaturated/α-hetero) is 1. The largest absolute Gasteiger partial charge is 0.303 e. The molecule has 0 radical (unpaired) electrons. The number of carbonyl (C=O) groups excluding carboxylic acids is 1. The molecule has 2 heteroatoms. The Bertz CT molecular complexity index is 649. The third kappa shape index (κ3) is 6.31. The van der Waals surface area contributed by atoms with E-state index in [0.29, 0.717) is 17.6 Å². The van der Waals surface area contributed by atoms with E-state index in [1.54, 1.807) is 0 Å². The van der Waals surface area contributed by atoms with Gasteiger partial charge in [0.25, 0.3) is 0 Å². The second-order valence-corrected chi connectivity index (χ2v) is 8.29. The standard InChI is InChI=1S/C26H35NO/c1-2-3-14-25(28)21-22-15-18-27(19-16-22)20-17-26(23-10-6-4-7-11-23)24-12-8-5-9-13-24/h4-13,22,26H,2-3,14-21H2,1H3. The lowest BCUT2D eigenvalue weighted by Crippen LogP contribution is -2.35. The van der Waals surface area contributed by atoms with Crippen LogP contribution in [0.2, 0.25) is 0 Å². The van der Waals surface area contributed by atoms with Crippen molar-refractivity contribution >= 4 is 5.78 Å². The highest BCUT2D eigenvalue weighted by atomic mass is 16.1. The summed E-state index contributed by atoms with van der Waals surface area (Å²) in [5, 5.41) is 0. The fraction of sp³-hybridized carbons (Fsp3) is 0.500. The molecule has 1 aliphatic rings. The Balaban J connectivity index is 1.50. The lowest BCUT2D eigenvalue weighted by atomic mass is 9.87. The van der Waals surface area contributed by atoms with Gasteiger partial charge in [-0.25, -0.2) is 0 Å². The zero-order valence-corrected chi connectivity index (χ0v) is 17.4. The Morgan fingerprint density at radius 3 is 2.07 bits per heavy atom. The average Bonchev–Trinajstić information content (AvgIpc) is 2.75. The van der Waals surface area contributed by atoms with Gasteiger partial charge in [0, 0.05) is 18.8 Å². The summed E-state index contributed by atoms with van der Waals surface area (Å²) < 4.78 is 0. The van der Waals surface area contributed by atoms with Gasteiger partial charge >= 0.3 is 0 Å². The molecule has 0 atom stereocenters. The van der Waals surface area contributed by atoms with Crippen LogP contribution >= 0.6 is 0 Å². The fourth-order valence-corrected chi connectivity index (χ4v) is 4.42. The van der Waals surface area contributed by atoms with Gasteiger partial charge in [-0.05, 0) is 62.4 Å². The van der Waals surface area contributed by atoms with E-state index in [2.05, 4.69) is 72.5 Å². The molecular formula is C26H35NO. The summed E-state index contributed by atoms with van der Waals surface area (Å²) in [5.74, 6) is 1.55. The Kier molecular flexibility index (Phi) is 8.29. The molecule has 1 fully saturated rings. The molecule has 0 amide bonds. The topological polar surface area (TPSA) is 20.3 Å². The Morgan fingerprint density at radius 2 is 1.54 bits per heavy atom. The monoisotopic (exact) mass is 377 g/mol. The lowest BCUT2D eigenvalue weighted by molar-refractivity contribution is -0.120. The van der Waals surface area contributed by atoms with E-state index in [4.69, 9.17) is 0 Å². The summed E-state index contributed by atoms with van der Waals surface area (Å²) in [4.78, 5) is 14.7. The van der Waals surface area contributed by atoms with Crippen molar-refractivity contribution in [3.05, 3.63) is 71.8 Å². The van der Waals surface area contributed by atoms with Crippen molar-refractivity contribution in [2.75, 3.05) is 19.6 Å². The number of carbonyl (C=O) groups is 1. The highest BCUT2D eigenvalue weighted by Crippen LogP contribution is 2.29. The molecule has 1 aliphatic heterocycles. The quantitative estimate of drug-likeness (QED) is 0.501. The predicted octanol–water partition coefficient (Wildman–Crippen LogP) is 6.07. The number of hydrogen-bond donors (Lipinski definition) is 0. The summed E-state index contributed by atoms with van der Waals surface area (Å²) in [6.07, 6.45) is 7.27. The third-order valence-corrected chi connectivity index (χ3v) is 6.17. The summed E-state index contributed by atoms with van der Waals surface area (Å²) in [6, 6.07) is 21.8. The molecule has 0 saturated carbocycles. The molecule has 0 N–H and O–H groups in total. The summed E-state index contributed by atoms with van der Waals surface area (Å²) in [7, 11) is 0. The minimum atomic E-state index is 0.454. The summed E-state index contributed by atoms with van der Waals surface area (Å²) >= 11 is 0. The van der Waals surface area contributed by atoms with Gasteiger partial charge < -0.3 is 4.90 Å². The van der Waals surface area contributed by atoms with Gasteiger partial charge in [0.1, 0.15) is 5.78 Å². The molecule has 0 aromatic heterocycles. The molecular weight excluding hydrogens is 342 g/mol. The van der Waals surface area contributed by atoms with Crippen LogP contribution in [-0.2, 0) is 4.79 Å². The number of hydrogen-bond acceptors (Lipinski definition) is 2. The van der Waals surface area contributed by atoms with Gasteiger partial charge in [-0.1, -0.05) is 74.0 Å². The molecule has 0 spiro atoms. The van der Waals surface area contributed by atoms with Gasteiger partial charge in [-0.15, -0.1) is 0 Å². The Morgan fingerprint density at radius 1 is 0.964 bits per heavy atom.